The first-order valence-corrected chi connectivity index (χ1v) is 9.45. The Morgan fingerprint density at radius 1 is 1.16 bits per heavy atom. The predicted molar refractivity (Wildman–Crippen MR) is 98.2 cm³/mol. The van der Waals surface area contributed by atoms with Gasteiger partial charge in [-0.2, -0.15) is 4.31 Å². The number of phenolic OH excluding ortho intramolecular Hbond substituents is 1. The minimum absolute atomic E-state index is 0.0173. The number of hydrogen-bond acceptors (Lipinski definition) is 4. The van der Waals surface area contributed by atoms with Gasteiger partial charge >= 0.3 is 0 Å². The molecule has 3 rings (SSSR count). The number of fused-ring (bicyclic) bond motifs is 1. The number of phenols is 1. The fraction of sp³-hybridized carbons (Fsp3) is 0.167. The largest absolute Gasteiger partial charge is 0.504 e. The second-order valence-electron chi connectivity index (χ2n) is 5.71. The lowest BCUT2D eigenvalue weighted by Crippen LogP contribution is -2.30. The molecule has 3 aromatic rings. The summed E-state index contributed by atoms with van der Waals surface area (Å²) in [5, 5.41) is 10.4. The van der Waals surface area contributed by atoms with Gasteiger partial charge in [-0.15, -0.1) is 0 Å². The zero-order chi connectivity index (χ0) is 18.2. The number of halogens is 1. The van der Waals surface area contributed by atoms with Crippen LogP contribution in [-0.2, 0) is 10.0 Å². The van der Waals surface area contributed by atoms with Crippen LogP contribution in [0.4, 0.5) is 0 Å². The van der Waals surface area contributed by atoms with Crippen molar-refractivity contribution in [3.63, 3.8) is 0 Å². The van der Waals surface area contributed by atoms with Crippen LogP contribution in [0.2, 0.25) is 5.02 Å². The molecule has 0 saturated carbocycles. The number of hydrogen-bond donors (Lipinski definition) is 1. The molecule has 0 aliphatic heterocycles. The molecule has 1 N–H and O–H groups in total. The summed E-state index contributed by atoms with van der Waals surface area (Å²) in [6, 6.07) is 13.5. The van der Waals surface area contributed by atoms with Crippen molar-refractivity contribution in [1.29, 1.82) is 0 Å². The molecular weight excluding hydrogens is 360 g/mol. The van der Waals surface area contributed by atoms with Crippen LogP contribution in [0.15, 0.2) is 59.6 Å². The third kappa shape index (κ3) is 3.08. The predicted octanol–water partition coefficient (Wildman–Crippen LogP) is 3.98. The molecule has 1 heterocycles. The average Bonchev–Trinajstić information content (AvgIpc) is 2.64. The summed E-state index contributed by atoms with van der Waals surface area (Å²) in [6.07, 6.45) is 1.48. The Bertz CT molecular complexity index is 1020. The van der Waals surface area contributed by atoms with Crippen LogP contribution >= 0.6 is 11.6 Å². The quantitative estimate of drug-likeness (QED) is 0.747. The molecule has 0 aliphatic rings. The molecule has 0 aliphatic carbocycles. The number of nitrogens with zero attached hydrogens (tertiary/aromatic N) is 2. The lowest BCUT2D eigenvalue weighted by molar-refractivity contribution is 0.399. The second kappa shape index (κ2) is 6.63. The number of benzene rings is 2. The minimum Gasteiger partial charge on any atom is -0.504 e. The van der Waals surface area contributed by atoms with E-state index in [-0.39, 0.29) is 27.2 Å². The molecule has 1 aromatic heterocycles. The van der Waals surface area contributed by atoms with Crippen molar-refractivity contribution in [2.24, 2.45) is 0 Å². The van der Waals surface area contributed by atoms with Crippen molar-refractivity contribution in [2.45, 2.75) is 17.9 Å². The lowest BCUT2D eigenvalue weighted by Gasteiger charge is -2.25. The van der Waals surface area contributed by atoms with Crippen LogP contribution in [0.5, 0.6) is 5.75 Å². The molecule has 1 atom stereocenters. The average molecular weight is 377 g/mol. The highest BCUT2D eigenvalue weighted by atomic mass is 35.5. The van der Waals surface area contributed by atoms with Crippen LogP contribution in [0, 0.1) is 0 Å². The van der Waals surface area contributed by atoms with Crippen molar-refractivity contribution in [1.82, 2.24) is 9.29 Å². The molecule has 0 spiro atoms. The number of aromatic hydroxyl groups is 1. The van der Waals surface area contributed by atoms with Crippen molar-refractivity contribution < 1.29 is 13.5 Å². The molecule has 7 heteroatoms. The van der Waals surface area contributed by atoms with Crippen molar-refractivity contribution in [2.75, 3.05) is 7.05 Å². The van der Waals surface area contributed by atoms with Gasteiger partial charge in [-0.3, -0.25) is 4.98 Å². The maximum atomic E-state index is 13.2. The standard InChI is InChI=1S/C18H17ClN2O3S/c1-12(13-7-4-3-5-8-13)21(2)25(23,24)16-11-15(19)18(22)17-14(16)9-6-10-20-17/h3-12,22H,1-2H3. The maximum Gasteiger partial charge on any atom is 0.244 e. The van der Waals surface area contributed by atoms with Crippen molar-refractivity contribution >= 4 is 32.5 Å². The van der Waals surface area contributed by atoms with E-state index >= 15 is 0 Å². The topological polar surface area (TPSA) is 70.5 Å². The van der Waals surface area contributed by atoms with Gasteiger partial charge in [-0.1, -0.05) is 41.9 Å². The summed E-state index contributed by atoms with van der Waals surface area (Å²) in [6.45, 7) is 1.81. The first-order valence-electron chi connectivity index (χ1n) is 7.63. The Morgan fingerprint density at radius 2 is 1.84 bits per heavy atom. The van der Waals surface area contributed by atoms with E-state index in [0.717, 1.165) is 5.56 Å². The third-order valence-corrected chi connectivity index (χ3v) is 6.52. The van der Waals surface area contributed by atoms with Gasteiger partial charge in [0.2, 0.25) is 10.0 Å². The fourth-order valence-corrected chi connectivity index (χ4v) is 4.51. The Hall–Kier alpha value is -2.15. The zero-order valence-electron chi connectivity index (χ0n) is 13.7. The summed E-state index contributed by atoms with van der Waals surface area (Å²) in [5.74, 6) is -0.227. The van der Waals surface area contributed by atoms with E-state index in [4.69, 9.17) is 11.6 Å². The van der Waals surface area contributed by atoms with Gasteiger partial charge in [-0.05, 0) is 30.7 Å². The molecule has 0 fully saturated rings. The van der Waals surface area contributed by atoms with E-state index in [1.54, 1.807) is 12.1 Å². The van der Waals surface area contributed by atoms with E-state index in [0.29, 0.717) is 5.39 Å². The maximum absolute atomic E-state index is 13.2. The minimum atomic E-state index is -3.85. The monoisotopic (exact) mass is 376 g/mol. The number of sulfonamides is 1. The number of aromatic nitrogens is 1. The second-order valence-corrected chi connectivity index (χ2v) is 8.09. The highest BCUT2D eigenvalue weighted by molar-refractivity contribution is 7.89. The van der Waals surface area contributed by atoms with Gasteiger partial charge in [0, 0.05) is 24.7 Å². The summed E-state index contributed by atoms with van der Waals surface area (Å²) in [4.78, 5) is 4.08. The number of rotatable bonds is 4. The Balaban J connectivity index is 2.15. The molecule has 0 radical (unpaired) electrons. The molecule has 2 aromatic carbocycles. The zero-order valence-corrected chi connectivity index (χ0v) is 15.3. The normalized spacial score (nSPS) is 13.3. The van der Waals surface area contributed by atoms with Crippen LogP contribution < -0.4 is 0 Å². The highest BCUT2D eigenvalue weighted by Gasteiger charge is 2.29. The summed E-state index contributed by atoms with van der Waals surface area (Å²) < 4.78 is 27.7. The van der Waals surface area contributed by atoms with Gasteiger partial charge in [0.15, 0.2) is 5.75 Å². The van der Waals surface area contributed by atoms with Crippen LogP contribution in [0.1, 0.15) is 18.5 Å². The summed E-state index contributed by atoms with van der Waals surface area (Å²) in [7, 11) is -2.33. The summed E-state index contributed by atoms with van der Waals surface area (Å²) in [5.41, 5.74) is 1.04. The molecule has 130 valence electrons. The van der Waals surface area contributed by atoms with Crippen LogP contribution in [0.25, 0.3) is 10.9 Å². The van der Waals surface area contributed by atoms with Crippen molar-refractivity contribution in [3.05, 3.63) is 65.3 Å². The van der Waals surface area contributed by atoms with Crippen LogP contribution in [0.3, 0.4) is 0 Å². The Morgan fingerprint density at radius 3 is 2.52 bits per heavy atom. The first-order chi connectivity index (χ1) is 11.8. The molecule has 1 unspecified atom stereocenters. The van der Waals surface area contributed by atoms with E-state index in [1.165, 1.54) is 23.6 Å². The molecule has 25 heavy (non-hydrogen) atoms. The van der Waals surface area contributed by atoms with Crippen LogP contribution in [-0.4, -0.2) is 29.9 Å². The van der Waals surface area contributed by atoms with Gasteiger partial charge in [0.25, 0.3) is 0 Å². The summed E-state index contributed by atoms with van der Waals surface area (Å²) >= 11 is 6.03. The Kier molecular flexibility index (Phi) is 4.69. The highest BCUT2D eigenvalue weighted by Crippen LogP contribution is 2.37. The van der Waals surface area contributed by atoms with E-state index in [2.05, 4.69) is 4.98 Å². The van der Waals surface area contributed by atoms with Gasteiger partial charge in [-0.25, -0.2) is 8.42 Å². The molecule has 0 saturated heterocycles. The lowest BCUT2D eigenvalue weighted by atomic mass is 10.1. The fourth-order valence-electron chi connectivity index (χ4n) is 2.69. The van der Waals surface area contributed by atoms with E-state index < -0.39 is 10.0 Å². The smallest absolute Gasteiger partial charge is 0.244 e. The SMILES string of the molecule is CC(c1ccccc1)N(C)S(=O)(=O)c1cc(Cl)c(O)c2ncccc12. The molecule has 0 amide bonds. The van der Waals surface area contributed by atoms with Crippen molar-refractivity contribution in [3.8, 4) is 5.75 Å². The molecule has 5 nitrogen and oxygen atoms in total. The van der Waals surface area contributed by atoms with E-state index in [1.807, 2.05) is 37.3 Å². The molecule has 0 bridgehead atoms. The number of pyridine rings is 1. The first kappa shape index (κ1) is 17.7. The van der Waals surface area contributed by atoms with Gasteiger partial charge in [0.05, 0.1) is 9.92 Å². The van der Waals surface area contributed by atoms with Gasteiger partial charge in [0.1, 0.15) is 5.52 Å². The third-order valence-electron chi connectivity index (χ3n) is 4.27. The van der Waals surface area contributed by atoms with Gasteiger partial charge < -0.3 is 5.11 Å². The molecular formula is C18H17ClN2O3S. The Labute approximate surface area is 151 Å². The van der Waals surface area contributed by atoms with E-state index in [9.17, 15) is 13.5 Å².